The quantitative estimate of drug-likeness (QED) is 0.382. The lowest BCUT2D eigenvalue weighted by Gasteiger charge is -2.32. The van der Waals surface area contributed by atoms with Gasteiger partial charge in [-0.3, -0.25) is 9.78 Å². The first-order valence-corrected chi connectivity index (χ1v) is 12.1. The number of carbonyl (C=O) groups is 1. The van der Waals surface area contributed by atoms with Gasteiger partial charge in [-0.1, -0.05) is 62.2 Å². The van der Waals surface area contributed by atoms with E-state index in [0.717, 1.165) is 11.3 Å². The van der Waals surface area contributed by atoms with E-state index in [0.29, 0.717) is 16.3 Å². The molecule has 0 spiro atoms. The third-order valence-electron chi connectivity index (χ3n) is 6.43. The van der Waals surface area contributed by atoms with Crippen molar-refractivity contribution < 1.29 is 14.3 Å². The molecule has 0 aromatic carbocycles. The number of nitriles is 1. The average molecular weight is 512 g/mol. The number of carboxylic acids is 1. The second kappa shape index (κ2) is 13.7. The molecule has 0 aliphatic rings. The SMILES string of the molecule is C/C=C(\c1cc(Cl)cnc1C)c1nc(C)c(F)cc1C#N.C/C=C\C=C(/C)C(C)(C)C(C)CC(=O)O. The minimum absolute atomic E-state index is 0.0715. The molecule has 2 aromatic rings. The number of aromatic nitrogens is 2. The van der Waals surface area contributed by atoms with E-state index >= 15 is 0 Å². The van der Waals surface area contributed by atoms with Crippen LogP contribution in [0.3, 0.4) is 0 Å². The van der Waals surface area contributed by atoms with Gasteiger partial charge >= 0.3 is 5.97 Å². The zero-order chi connectivity index (χ0) is 27.6. The van der Waals surface area contributed by atoms with Gasteiger partial charge in [0, 0.05) is 29.4 Å². The van der Waals surface area contributed by atoms with Gasteiger partial charge in [-0.15, -0.1) is 0 Å². The minimum Gasteiger partial charge on any atom is -0.481 e. The molecule has 0 amide bonds. The summed E-state index contributed by atoms with van der Waals surface area (Å²) in [6.07, 6.45) is 9.61. The molecule has 1 atom stereocenters. The molecule has 0 bridgehead atoms. The number of nitrogens with zero attached hydrogens (tertiary/aromatic N) is 3. The molecule has 1 unspecified atom stereocenters. The number of pyridine rings is 2. The Hall–Kier alpha value is -3.30. The molecule has 2 heterocycles. The fourth-order valence-corrected chi connectivity index (χ4v) is 3.59. The Morgan fingerprint density at radius 3 is 2.44 bits per heavy atom. The average Bonchev–Trinajstić information content (AvgIpc) is 2.82. The van der Waals surface area contributed by atoms with E-state index in [-0.39, 0.29) is 29.0 Å². The third kappa shape index (κ3) is 8.13. The Morgan fingerprint density at radius 2 is 1.92 bits per heavy atom. The van der Waals surface area contributed by atoms with Gasteiger partial charge in [0.2, 0.25) is 0 Å². The number of aliphatic carboxylic acids is 1. The van der Waals surface area contributed by atoms with Crippen LogP contribution in [0.4, 0.5) is 4.39 Å². The van der Waals surface area contributed by atoms with E-state index in [2.05, 4.69) is 36.8 Å². The van der Waals surface area contributed by atoms with Crippen molar-refractivity contribution in [1.82, 2.24) is 9.97 Å². The second-order valence-corrected chi connectivity index (χ2v) is 9.58. The van der Waals surface area contributed by atoms with Crippen LogP contribution in [0.1, 0.15) is 76.2 Å². The van der Waals surface area contributed by atoms with Gasteiger partial charge < -0.3 is 5.11 Å². The summed E-state index contributed by atoms with van der Waals surface area (Å²) in [5.41, 5.74) is 4.27. The molecular formula is C29H35ClFN3O2. The molecule has 0 aliphatic heterocycles. The Balaban J connectivity index is 0.000000384. The predicted molar refractivity (Wildman–Crippen MR) is 144 cm³/mol. The summed E-state index contributed by atoms with van der Waals surface area (Å²) >= 11 is 6.00. The van der Waals surface area contributed by atoms with Gasteiger partial charge in [-0.05, 0) is 58.1 Å². The third-order valence-corrected chi connectivity index (χ3v) is 6.63. The summed E-state index contributed by atoms with van der Waals surface area (Å²) < 4.78 is 13.6. The molecule has 5 nitrogen and oxygen atoms in total. The monoisotopic (exact) mass is 511 g/mol. The molecule has 0 saturated heterocycles. The zero-order valence-corrected chi connectivity index (χ0v) is 23.0. The molecule has 0 fully saturated rings. The number of halogens is 2. The van der Waals surface area contributed by atoms with Crippen LogP contribution in [-0.2, 0) is 4.79 Å². The maximum absolute atomic E-state index is 13.6. The molecule has 7 heteroatoms. The van der Waals surface area contributed by atoms with Crippen molar-refractivity contribution in [2.45, 2.75) is 61.8 Å². The van der Waals surface area contributed by atoms with Crippen molar-refractivity contribution in [3.63, 3.8) is 0 Å². The molecule has 1 N–H and O–H groups in total. The van der Waals surface area contributed by atoms with Crippen molar-refractivity contribution in [1.29, 1.82) is 5.26 Å². The first kappa shape index (κ1) is 30.7. The molecular weight excluding hydrogens is 477 g/mol. The molecule has 0 saturated carbocycles. The highest BCUT2D eigenvalue weighted by molar-refractivity contribution is 6.30. The lowest BCUT2D eigenvalue weighted by atomic mass is 9.73. The number of aryl methyl sites for hydroxylation is 2. The molecule has 0 radical (unpaired) electrons. The highest BCUT2D eigenvalue weighted by Gasteiger charge is 2.28. The van der Waals surface area contributed by atoms with E-state index in [9.17, 15) is 14.4 Å². The van der Waals surface area contributed by atoms with E-state index in [1.165, 1.54) is 11.6 Å². The van der Waals surface area contributed by atoms with Crippen LogP contribution in [0.15, 0.2) is 48.2 Å². The Morgan fingerprint density at radius 1 is 1.28 bits per heavy atom. The van der Waals surface area contributed by atoms with Gasteiger partial charge in [0.15, 0.2) is 0 Å². The first-order valence-electron chi connectivity index (χ1n) is 11.7. The summed E-state index contributed by atoms with van der Waals surface area (Å²) in [6, 6.07) is 4.95. The smallest absolute Gasteiger partial charge is 0.303 e. The van der Waals surface area contributed by atoms with Crippen LogP contribution in [0, 0.1) is 42.3 Å². The lowest BCUT2D eigenvalue weighted by Crippen LogP contribution is -2.25. The molecule has 36 heavy (non-hydrogen) atoms. The van der Waals surface area contributed by atoms with Crippen molar-refractivity contribution in [2.75, 3.05) is 0 Å². The zero-order valence-electron chi connectivity index (χ0n) is 22.3. The largest absolute Gasteiger partial charge is 0.481 e. The molecule has 0 aliphatic carbocycles. The van der Waals surface area contributed by atoms with Crippen molar-refractivity contribution in [3.8, 4) is 6.07 Å². The lowest BCUT2D eigenvalue weighted by molar-refractivity contribution is -0.138. The summed E-state index contributed by atoms with van der Waals surface area (Å²) in [6.45, 7) is 15.4. The van der Waals surface area contributed by atoms with Crippen molar-refractivity contribution in [3.05, 3.63) is 87.3 Å². The summed E-state index contributed by atoms with van der Waals surface area (Å²) in [4.78, 5) is 19.1. The predicted octanol–water partition coefficient (Wildman–Crippen LogP) is 7.86. The maximum atomic E-state index is 13.6. The maximum Gasteiger partial charge on any atom is 0.303 e. The topological polar surface area (TPSA) is 86.9 Å². The number of carboxylic acid groups (broad SMARTS) is 1. The van der Waals surface area contributed by atoms with Gasteiger partial charge in [-0.2, -0.15) is 5.26 Å². The van der Waals surface area contributed by atoms with Crippen LogP contribution >= 0.6 is 11.6 Å². The van der Waals surface area contributed by atoms with Crippen molar-refractivity contribution >= 4 is 23.1 Å². The number of hydrogen-bond donors (Lipinski definition) is 1. The fraction of sp³-hybridized carbons (Fsp3) is 0.379. The molecule has 192 valence electrons. The Bertz CT molecular complexity index is 1220. The highest BCUT2D eigenvalue weighted by Crippen LogP contribution is 2.36. The first-order chi connectivity index (χ1) is 16.8. The van der Waals surface area contributed by atoms with Crippen LogP contribution in [0.2, 0.25) is 5.02 Å². The summed E-state index contributed by atoms with van der Waals surface area (Å²) in [5.74, 6) is -1.09. The number of rotatable bonds is 7. The van der Waals surface area contributed by atoms with Gasteiger partial charge in [0.05, 0.1) is 22.0 Å². The van der Waals surface area contributed by atoms with Gasteiger partial charge in [0.25, 0.3) is 0 Å². The van der Waals surface area contributed by atoms with Gasteiger partial charge in [0.1, 0.15) is 11.9 Å². The molecule has 2 aromatic heterocycles. The number of hydrogen-bond acceptors (Lipinski definition) is 4. The Labute approximate surface area is 219 Å². The van der Waals surface area contributed by atoms with Crippen molar-refractivity contribution in [2.24, 2.45) is 11.3 Å². The van der Waals surface area contributed by atoms with Crippen LogP contribution < -0.4 is 0 Å². The second-order valence-electron chi connectivity index (χ2n) is 9.15. The van der Waals surface area contributed by atoms with Crippen LogP contribution in [0.5, 0.6) is 0 Å². The van der Waals surface area contributed by atoms with E-state index < -0.39 is 11.8 Å². The normalized spacial score (nSPS) is 13.1. The van der Waals surface area contributed by atoms with E-state index in [1.807, 2.05) is 52.0 Å². The molecule has 2 rings (SSSR count). The van der Waals surface area contributed by atoms with Crippen LogP contribution in [0.25, 0.3) is 5.57 Å². The minimum atomic E-state index is -0.727. The van der Waals surface area contributed by atoms with Gasteiger partial charge in [-0.25, -0.2) is 9.37 Å². The van der Waals surface area contributed by atoms with Crippen LogP contribution in [-0.4, -0.2) is 21.0 Å². The summed E-state index contributed by atoms with van der Waals surface area (Å²) in [5, 5.41) is 18.5. The standard InChI is InChI=1S/C16H13ClFN3.C13H22O2/c1-4-13(14-6-12(17)8-20-9(14)2)16-11(7-19)5-15(18)10(3)21-16;1-6-7-8-10(2)13(4,5)11(3)9-12(14)15/h4-6,8H,1-3H3;6-8,11H,9H2,1-5H3,(H,14,15)/b13-4+;7-6-,10-8+. The number of allylic oxidation sites excluding steroid dienone is 5. The van der Waals surface area contributed by atoms with E-state index in [4.69, 9.17) is 16.7 Å². The fourth-order valence-electron chi connectivity index (χ4n) is 3.43. The highest BCUT2D eigenvalue weighted by atomic mass is 35.5. The van der Waals surface area contributed by atoms with E-state index in [1.54, 1.807) is 19.2 Å². The Kier molecular flexibility index (Phi) is 11.7. The summed E-state index contributed by atoms with van der Waals surface area (Å²) in [7, 11) is 0.